The van der Waals surface area contributed by atoms with Crippen molar-refractivity contribution in [3.05, 3.63) is 77.5 Å². The van der Waals surface area contributed by atoms with Crippen LogP contribution in [0.4, 0.5) is 0 Å². The molecule has 0 bridgehead atoms. The summed E-state index contributed by atoms with van der Waals surface area (Å²) in [4.78, 5) is 4.41. The van der Waals surface area contributed by atoms with Crippen LogP contribution in [0.1, 0.15) is 43.5 Å². The predicted octanol–water partition coefficient (Wildman–Crippen LogP) is 4.49. The molecule has 0 radical (unpaired) electrons. The van der Waals surface area contributed by atoms with Gasteiger partial charge >= 0.3 is 0 Å². The van der Waals surface area contributed by atoms with Gasteiger partial charge in [-0.3, -0.25) is 0 Å². The maximum atomic E-state index is 10.1. The van der Waals surface area contributed by atoms with Crippen molar-refractivity contribution in [2.24, 2.45) is 0 Å². The van der Waals surface area contributed by atoms with E-state index in [-0.39, 0.29) is 6.04 Å². The third-order valence-electron chi connectivity index (χ3n) is 4.98. The summed E-state index contributed by atoms with van der Waals surface area (Å²) < 4.78 is 10.8. The minimum atomic E-state index is -0.841. The second-order valence-corrected chi connectivity index (χ2v) is 7.77. The van der Waals surface area contributed by atoms with Crippen molar-refractivity contribution in [2.75, 3.05) is 0 Å². The smallest absolute Gasteiger partial charge is 0.223 e. The zero-order chi connectivity index (χ0) is 21.1. The lowest BCUT2D eigenvalue weighted by Gasteiger charge is -2.19. The lowest BCUT2D eigenvalue weighted by Crippen LogP contribution is -2.19. The van der Waals surface area contributed by atoms with Crippen molar-refractivity contribution in [2.45, 2.75) is 39.0 Å². The van der Waals surface area contributed by atoms with Gasteiger partial charge in [-0.25, -0.2) is 9.61 Å². The molecule has 1 unspecified atom stereocenters. The SMILES string of the molecule is CC(NCc1ccc(C(C)(C)O)cc1)c1cccnc1Oc1ccc2nonc2c1. The number of pyridine rings is 1. The van der Waals surface area contributed by atoms with Crippen LogP contribution in [0, 0.1) is 0 Å². The highest BCUT2D eigenvalue weighted by atomic mass is 16.6. The van der Waals surface area contributed by atoms with Crippen LogP contribution >= 0.6 is 0 Å². The van der Waals surface area contributed by atoms with Crippen LogP contribution in [-0.2, 0) is 12.1 Å². The fraction of sp³-hybridized carbons (Fsp3) is 0.261. The number of ether oxygens (including phenoxy) is 1. The molecule has 0 aliphatic rings. The fourth-order valence-electron chi connectivity index (χ4n) is 3.17. The minimum Gasteiger partial charge on any atom is -0.439 e. The highest BCUT2D eigenvalue weighted by Crippen LogP contribution is 2.29. The van der Waals surface area contributed by atoms with Gasteiger partial charge in [0.2, 0.25) is 5.88 Å². The zero-order valence-electron chi connectivity index (χ0n) is 17.2. The van der Waals surface area contributed by atoms with E-state index < -0.39 is 5.60 Å². The van der Waals surface area contributed by atoms with Crippen molar-refractivity contribution in [1.29, 1.82) is 0 Å². The molecule has 0 saturated heterocycles. The van der Waals surface area contributed by atoms with E-state index in [4.69, 9.17) is 9.37 Å². The molecule has 30 heavy (non-hydrogen) atoms. The Labute approximate surface area is 174 Å². The molecule has 2 aromatic heterocycles. The molecule has 0 amide bonds. The molecule has 1 atom stereocenters. The normalized spacial score (nSPS) is 12.8. The Kier molecular flexibility index (Phi) is 5.48. The van der Waals surface area contributed by atoms with E-state index in [1.165, 1.54) is 0 Å². The van der Waals surface area contributed by atoms with Gasteiger partial charge in [-0.15, -0.1) is 0 Å². The molecule has 4 aromatic rings. The van der Waals surface area contributed by atoms with Gasteiger partial charge in [0.05, 0.1) is 5.60 Å². The van der Waals surface area contributed by atoms with Crippen LogP contribution in [0.15, 0.2) is 65.4 Å². The average molecular weight is 404 g/mol. The van der Waals surface area contributed by atoms with Gasteiger partial charge in [0.25, 0.3) is 0 Å². The lowest BCUT2D eigenvalue weighted by molar-refractivity contribution is 0.0786. The quantitative estimate of drug-likeness (QED) is 0.469. The van der Waals surface area contributed by atoms with E-state index in [1.54, 1.807) is 32.2 Å². The van der Waals surface area contributed by atoms with Crippen LogP contribution in [0.5, 0.6) is 11.6 Å². The average Bonchev–Trinajstić information content (AvgIpc) is 3.20. The number of rotatable bonds is 7. The Morgan fingerprint density at radius 2 is 1.83 bits per heavy atom. The number of benzene rings is 2. The first kappa shape index (κ1) is 20.0. The van der Waals surface area contributed by atoms with Crippen molar-refractivity contribution in [1.82, 2.24) is 20.6 Å². The molecule has 0 aliphatic carbocycles. The van der Waals surface area contributed by atoms with E-state index in [2.05, 4.69) is 27.5 Å². The Balaban J connectivity index is 1.46. The van der Waals surface area contributed by atoms with Gasteiger partial charge in [-0.1, -0.05) is 30.3 Å². The van der Waals surface area contributed by atoms with Crippen molar-refractivity contribution in [3.63, 3.8) is 0 Å². The van der Waals surface area contributed by atoms with Crippen LogP contribution in [0.25, 0.3) is 11.0 Å². The molecule has 154 valence electrons. The molecule has 2 heterocycles. The van der Waals surface area contributed by atoms with E-state index in [0.29, 0.717) is 29.2 Å². The zero-order valence-corrected chi connectivity index (χ0v) is 17.2. The van der Waals surface area contributed by atoms with Gasteiger partial charge < -0.3 is 15.2 Å². The number of aliphatic hydroxyl groups is 1. The first-order chi connectivity index (χ1) is 14.4. The summed E-state index contributed by atoms with van der Waals surface area (Å²) in [6, 6.07) is 17.2. The van der Waals surface area contributed by atoms with Crippen molar-refractivity contribution >= 4 is 11.0 Å². The second kappa shape index (κ2) is 8.22. The van der Waals surface area contributed by atoms with E-state index in [1.807, 2.05) is 42.5 Å². The van der Waals surface area contributed by atoms with Gasteiger partial charge in [-0.05, 0) is 60.4 Å². The van der Waals surface area contributed by atoms with E-state index >= 15 is 0 Å². The highest BCUT2D eigenvalue weighted by Gasteiger charge is 2.16. The Bertz CT molecular complexity index is 1130. The summed E-state index contributed by atoms with van der Waals surface area (Å²) in [5.74, 6) is 1.15. The largest absolute Gasteiger partial charge is 0.439 e. The Morgan fingerprint density at radius 1 is 1.07 bits per heavy atom. The highest BCUT2D eigenvalue weighted by molar-refractivity contribution is 5.74. The van der Waals surface area contributed by atoms with Crippen molar-refractivity contribution in [3.8, 4) is 11.6 Å². The van der Waals surface area contributed by atoms with Crippen LogP contribution < -0.4 is 10.1 Å². The third kappa shape index (κ3) is 4.48. The Morgan fingerprint density at radius 3 is 2.60 bits per heavy atom. The number of nitrogens with zero attached hydrogens (tertiary/aromatic N) is 3. The number of hydrogen-bond acceptors (Lipinski definition) is 7. The summed E-state index contributed by atoms with van der Waals surface area (Å²) in [5.41, 5.74) is 3.43. The molecule has 0 saturated carbocycles. The molecular formula is C23H24N4O3. The predicted molar refractivity (Wildman–Crippen MR) is 113 cm³/mol. The first-order valence-corrected chi connectivity index (χ1v) is 9.80. The maximum Gasteiger partial charge on any atom is 0.223 e. The molecule has 0 spiro atoms. The third-order valence-corrected chi connectivity index (χ3v) is 4.98. The summed E-state index contributed by atoms with van der Waals surface area (Å²) in [6.07, 6.45) is 1.71. The first-order valence-electron chi connectivity index (χ1n) is 9.80. The number of aromatic nitrogens is 3. The maximum absolute atomic E-state index is 10.1. The summed E-state index contributed by atoms with van der Waals surface area (Å²) in [6.45, 7) is 6.31. The standard InChI is InChI=1S/C23H24N4O3/c1-15(25-14-16-6-8-17(9-7-16)23(2,3)28)19-5-4-12-24-22(19)29-18-10-11-20-21(13-18)27-30-26-20/h4-13,15,25,28H,14H2,1-3H3. The van der Waals surface area contributed by atoms with Gasteiger partial charge in [0.1, 0.15) is 16.8 Å². The Hall–Kier alpha value is -3.29. The fourth-order valence-corrected chi connectivity index (χ4v) is 3.17. The topological polar surface area (TPSA) is 93.3 Å². The molecule has 2 aromatic carbocycles. The van der Waals surface area contributed by atoms with Gasteiger partial charge in [0, 0.05) is 30.4 Å². The summed E-state index contributed by atoms with van der Waals surface area (Å²) in [7, 11) is 0. The van der Waals surface area contributed by atoms with E-state index in [0.717, 1.165) is 16.7 Å². The lowest BCUT2D eigenvalue weighted by atomic mass is 9.97. The second-order valence-electron chi connectivity index (χ2n) is 7.77. The minimum absolute atomic E-state index is 0.0140. The number of hydrogen-bond donors (Lipinski definition) is 2. The van der Waals surface area contributed by atoms with Crippen molar-refractivity contribution < 1.29 is 14.5 Å². The summed E-state index contributed by atoms with van der Waals surface area (Å²) >= 11 is 0. The van der Waals surface area contributed by atoms with Gasteiger partial charge in [-0.2, -0.15) is 0 Å². The molecule has 4 rings (SSSR count). The molecule has 0 fully saturated rings. The number of nitrogens with one attached hydrogen (secondary N) is 1. The molecule has 0 aliphatic heterocycles. The van der Waals surface area contributed by atoms with Crippen LogP contribution in [-0.4, -0.2) is 20.4 Å². The van der Waals surface area contributed by atoms with Crippen LogP contribution in [0.3, 0.4) is 0 Å². The monoisotopic (exact) mass is 404 g/mol. The van der Waals surface area contributed by atoms with Crippen LogP contribution in [0.2, 0.25) is 0 Å². The molecule has 7 nitrogen and oxygen atoms in total. The van der Waals surface area contributed by atoms with E-state index in [9.17, 15) is 5.11 Å². The molecular weight excluding hydrogens is 380 g/mol. The summed E-state index contributed by atoms with van der Waals surface area (Å²) in [5, 5.41) is 21.3. The number of fused-ring (bicyclic) bond motifs is 1. The molecule has 2 N–H and O–H groups in total. The molecule has 7 heteroatoms. The van der Waals surface area contributed by atoms with Gasteiger partial charge in [0.15, 0.2) is 0 Å².